The fourth-order valence-corrected chi connectivity index (χ4v) is 2.45. The molecule has 0 saturated heterocycles. The highest BCUT2D eigenvalue weighted by atomic mass is 35.5. The van der Waals surface area contributed by atoms with Crippen LogP contribution in [0.3, 0.4) is 0 Å². The van der Waals surface area contributed by atoms with Gasteiger partial charge < -0.3 is 14.8 Å². The summed E-state index contributed by atoms with van der Waals surface area (Å²) in [4.78, 5) is 0. The van der Waals surface area contributed by atoms with E-state index in [0.29, 0.717) is 13.2 Å². The Hall–Kier alpha value is -1.26. The molecule has 1 N–H and O–H groups in total. The number of hydrogen-bond donors (Lipinski definition) is 1. The Morgan fingerprint density at radius 2 is 1.77 bits per heavy atom. The van der Waals surface area contributed by atoms with Crippen LogP contribution in [-0.2, 0) is 24.5 Å². The van der Waals surface area contributed by atoms with Crippen LogP contribution < -0.4 is 10.1 Å². The van der Waals surface area contributed by atoms with Gasteiger partial charge in [0.15, 0.2) is 0 Å². The molecular formula is C17H19Cl2NO2. The van der Waals surface area contributed by atoms with Crippen molar-refractivity contribution in [1.29, 1.82) is 0 Å². The van der Waals surface area contributed by atoms with Crippen LogP contribution in [0.1, 0.15) is 16.7 Å². The van der Waals surface area contributed by atoms with Gasteiger partial charge in [-0.3, -0.25) is 0 Å². The van der Waals surface area contributed by atoms with Gasteiger partial charge in [0.2, 0.25) is 0 Å². The Morgan fingerprint density at radius 1 is 1.05 bits per heavy atom. The largest absolute Gasteiger partial charge is 0.492 e. The fraction of sp³-hybridized carbons (Fsp3) is 0.294. The standard InChI is InChI=1S/C17H18ClNO2.ClH/c18-16-4-1-13(2-5-16)11-20-12-14-3-6-17-15(9-14)10-19-7-8-21-17;/h1-6,9,19H,7-8,10-12H2;1H. The van der Waals surface area contributed by atoms with Crippen molar-refractivity contribution in [3.63, 3.8) is 0 Å². The molecule has 22 heavy (non-hydrogen) atoms. The van der Waals surface area contributed by atoms with Crippen LogP contribution in [0.4, 0.5) is 0 Å². The Bertz CT molecular complexity index is 602. The second-order valence-corrected chi connectivity index (χ2v) is 5.52. The molecular weight excluding hydrogens is 321 g/mol. The van der Waals surface area contributed by atoms with Gasteiger partial charge in [-0.15, -0.1) is 12.4 Å². The third-order valence-corrected chi connectivity index (χ3v) is 3.68. The van der Waals surface area contributed by atoms with Crippen LogP contribution in [0.2, 0.25) is 5.02 Å². The zero-order valence-electron chi connectivity index (χ0n) is 12.2. The van der Waals surface area contributed by atoms with E-state index in [4.69, 9.17) is 21.1 Å². The fourth-order valence-electron chi connectivity index (χ4n) is 2.33. The van der Waals surface area contributed by atoms with Crippen molar-refractivity contribution < 1.29 is 9.47 Å². The molecule has 3 rings (SSSR count). The maximum absolute atomic E-state index is 5.86. The van der Waals surface area contributed by atoms with Crippen molar-refractivity contribution in [2.24, 2.45) is 0 Å². The number of rotatable bonds is 4. The molecule has 0 fully saturated rings. The molecule has 0 radical (unpaired) electrons. The quantitative estimate of drug-likeness (QED) is 0.914. The van der Waals surface area contributed by atoms with E-state index in [2.05, 4.69) is 17.4 Å². The summed E-state index contributed by atoms with van der Waals surface area (Å²) in [5, 5.41) is 4.09. The molecule has 0 aliphatic carbocycles. The van der Waals surface area contributed by atoms with E-state index in [1.807, 2.05) is 30.3 Å². The molecule has 3 nitrogen and oxygen atoms in total. The normalized spacial score (nSPS) is 13.5. The SMILES string of the molecule is Cl.Clc1ccc(COCc2ccc3c(c2)CNCCO3)cc1. The first-order chi connectivity index (χ1) is 10.3. The molecule has 0 unspecified atom stereocenters. The van der Waals surface area contributed by atoms with Gasteiger partial charge in [0.1, 0.15) is 12.4 Å². The predicted molar refractivity (Wildman–Crippen MR) is 90.8 cm³/mol. The maximum atomic E-state index is 5.86. The smallest absolute Gasteiger partial charge is 0.123 e. The Balaban J connectivity index is 0.00000176. The lowest BCUT2D eigenvalue weighted by Gasteiger charge is -2.10. The molecule has 0 atom stereocenters. The molecule has 5 heteroatoms. The van der Waals surface area contributed by atoms with E-state index in [1.165, 1.54) is 5.56 Å². The summed E-state index contributed by atoms with van der Waals surface area (Å²) in [6, 6.07) is 14.0. The zero-order chi connectivity index (χ0) is 14.5. The van der Waals surface area contributed by atoms with Crippen LogP contribution >= 0.6 is 24.0 Å². The van der Waals surface area contributed by atoms with Crippen molar-refractivity contribution in [3.05, 3.63) is 64.2 Å². The molecule has 1 heterocycles. The molecule has 0 bridgehead atoms. The lowest BCUT2D eigenvalue weighted by Crippen LogP contribution is -2.16. The van der Waals surface area contributed by atoms with Crippen LogP contribution in [0, 0.1) is 0 Å². The van der Waals surface area contributed by atoms with E-state index in [1.54, 1.807) is 0 Å². The van der Waals surface area contributed by atoms with E-state index in [-0.39, 0.29) is 12.4 Å². The van der Waals surface area contributed by atoms with Gasteiger partial charge in [-0.25, -0.2) is 0 Å². The number of nitrogens with one attached hydrogen (secondary N) is 1. The molecule has 2 aromatic rings. The van der Waals surface area contributed by atoms with Crippen molar-refractivity contribution in [2.45, 2.75) is 19.8 Å². The summed E-state index contributed by atoms with van der Waals surface area (Å²) < 4.78 is 11.4. The Kier molecular flexibility index (Phi) is 6.52. The number of benzene rings is 2. The second-order valence-electron chi connectivity index (χ2n) is 5.09. The van der Waals surface area contributed by atoms with Gasteiger partial charge >= 0.3 is 0 Å². The highest BCUT2D eigenvalue weighted by Crippen LogP contribution is 2.22. The van der Waals surface area contributed by atoms with E-state index in [9.17, 15) is 0 Å². The lowest BCUT2D eigenvalue weighted by molar-refractivity contribution is 0.107. The Labute approximate surface area is 142 Å². The second kappa shape index (κ2) is 8.39. The number of halogens is 2. The summed E-state index contributed by atoms with van der Waals surface area (Å²) in [5.41, 5.74) is 3.48. The van der Waals surface area contributed by atoms with Crippen LogP contribution in [-0.4, -0.2) is 13.2 Å². The predicted octanol–water partition coefficient (Wildman–Crippen LogP) is 3.96. The molecule has 0 aromatic heterocycles. The summed E-state index contributed by atoms with van der Waals surface area (Å²) in [7, 11) is 0. The van der Waals surface area contributed by atoms with Crippen LogP contribution in [0.5, 0.6) is 5.75 Å². The highest BCUT2D eigenvalue weighted by Gasteiger charge is 2.08. The summed E-state index contributed by atoms with van der Waals surface area (Å²) >= 11 is 5.86. The summed E-state index contributed by atoms with van der Waals surface area (Å²) in [6.07, 6.45) is 0. The molecule has 0 spiro atoms. The highest BCUT2D eigenvalue weighted by molar-refractivity contribution is 6.30. The van der Waals surface area contributed by atoms with E-state index in [0.717, 1.165) is 41.6 Å². The van der Waals surface area contributed by atoms with Gasteiger partial charge in [-0.05, 0) is 35.4 Å². The van der Waals surface area contributed by atoms with Crippen molar-refractivity contribution in [2.75, 3.05) is 13.2 Å². The first kappa shape index (κ1) is 17.1. The minimum absolute atomic E-state index is 0. The van der Waals surface area contributed by atoms with Gasteiger partial charge in [0.25, 0.3) is 0 Å². The van der Waals surface area contributed by atoms with E-state index >= 15 is 0 Å². The first-order valence-corrected chi connectivity index (χ1v) is 7.46. The van der Waals surface area contributed by atoms with Gasteiger partial charge in [0.05, 0.1) is 13.2 Å². The Morgan fingerprint density at radius 3 is 2.59 bits per heavy atom. The number of hydrogen-bond acceptors (Lipinski definition) is 3. The number of ether oxygens (including phenoxy) is 2. The van der Waals surface area contributed by atoms with Crippen molar-refractivity contribution >= 4 is 24.0 Å². The lowest BCUT2D eigenvalue weighted by atomic mass is 10.1. The summed E-state index contributed by atoms with van der Waals surface area (Å²) in [6.45, 7) is 3.63. The minimum atomic E-state index is 0. The van der Waals surface area contributed by atoms with E-state index < -0.39 is 0 Å². The van der Waals surface area contributed by atoms with Gasteiger partial charge in [-0.2, -0.15) is 0 Å². The zero-order valence-corrected chi connectivity index (χ0v) is 13.8. The third kappa shape index (κ3) is 4.62. The third-order valence-electron chi connectivity index (χ3n) is 3.43. The number of fused-ring (bicyclic) bond motifs is 1. The van der Waals surface area contributed by atoms with Gasteiger partial charge in [0, 0.05) is 23.7 Å². The van der Waals surface area contributed by atoms with Crippen LogP contribution in [0.25, 0.3) is 0 Å². The molecule has 0 amide bonds. The van der Waals surface area contributed by atoms with Crippen molar-refractivity contribution in [1.82, 2.24) is 5.32 Å². The first-order valence-electron chi connectivity index (χ1n) is 7.09. The maximum Gasteiger partial charge on any atom is 0.123 e. The monoisotopic (exact) mass is 339 g/mol. The topological polar surface area (TPSA) is 30.5 Å². The summed E-state index contributed by atoms with van der Waals surface area (Å²) in [5.74, 6) is 0.974. The molecule has 0 saturated carbocycles. The average molecular weight is 340 g/mol. The molecule has 1 aliphatic rings. The minimum Gasteiger partial charge on any atom is -0.492 e. The van der Waals surface area contributed by atoms with Crippen LogP contribution in [0.15, 0.2) is 42.5 Å². The molecule has 2 aromatic carbocycles. The molecule has 1 aliphatic heterocycles. The molecule has 118 valence electrons. The van der Waals surface area contributed by atoms with Gasteiger partial charge in [-0.1, -0.05) is 29.8 Å². The van der Waals surface area contributed by atoms with Crippen molar-refractivity contribution in [3.8, 4) is 5.75 Å². The average Bonchev–Trinajstić information content (AvgIpc) is 2.74.